The molecule has 19 heavy (non-hydrogen) atoms. The average molecular weight is 260 g/mol. The van der Waals surface area contributed by atoms with Gasteiger partial charge in [-0.25, -0.2) is 0 Å². The quantitative estimate of drug-likeness (QED) is 0.326. The third-order valence-corrected chi connectivity index (χ3v) is 2.65. The molecule has 2 heterocycles. The highest BCUT2D eigenvalue weighted by molar-refractivity contribution is 5.96. The van der Waals surface area contributed by atoms with Crippen molar-refractivity contribution in [3.8, 4) is 0 Å². The highest BCUT2D eigenvalue weighted by Crippen LogP contribution is 2.08. The van der Waals surface area contributed by atoms with Crippen molar-refractivity contribution in [2.75, 3.05) is 0 Å². The summed E-state index contributed by atoms with van der Waals surface area (Å²) < 4.78 is 5.45. The third-order valence-electron chi connectivity index (χ3n) is 2.65. The zero-order valence-corrected chi connectivity index (χ0v) is 10.6. The molecule has 2 rings (SSSR count). The van der Waals surface area contributed by atoms with Crippen LogP contribution >= 0.6 is 0 Å². The molecule has 0 saturated heterocycles. The van der Waals surface area contributed by atoms with Crippen molar-refractivity contribution >= 4 is 5.84 Å². The van der Waals surface area contributed by atoms with E-state index >= 15 is 0 Å². The number of amidine groups is 1. The van der Waals surface area contributed by atoms with E-state index in [1.807, 2.05) is 31.2 Å². The number of nitrogens with one attached hydrogen (secondary N) is 1. The first-order valence-electron chi connectivity index (χ1n) is 5.88. The second kappa shape index (κ2) is 6.01. The van der Waals surface area contributed by atoms with Crippen LogP contribution in [-0.4, -0.2) is 16.0 Å². The van der Waals surface area contributed by atoms with Gasteiger partial charge in [0.1, 0.15) is 17.2 Å². The predicted molar refractivity (Wildman–Crippen MR) is 70.7 cm³/mol. The van der Waals surface area contributed by atoms with Crippen LogP contribution in [0.1, 0.15) is 22.8 Å². The minimum absolute atomic E-state index is 0.00578. The number of hydrogen-bond donors (Lipinski definition) is 3. The lowest BCUT2D eigenvalue weighted by Crippen LogP contribution is -2.21. The molecular weight excluding hydrogens is 244 g/mol. The Morgan fingerprint density at radius 2 is 2.26 bits per heavy atom. The van der Waals surface area contributed by atoms with Gasteiger partial charge in [-0.1, -0.05) is 11.2 Å². The Bertz CT molecular complexity index is 578. The molecular formula is C13H16N4O2. The van der Waals surface area contributed by atoms with E-state index in [1.165, 1.54) is 0 Å². The second-order valence-corrected chi connectivity index (χ2v) is 4.11. The number of rotatable bonds is 5. The highest BCUT2D eigenvalue weighted by Gasteiger charge is 2.08. The molecule has 0 aliphatic rings. The first-order chi connectivity index (χ1) is 9.20. The maximum Gasteiger partial charge on any atom is 0.189 e. The van der Waals surface area contributed by atoms with Gasteiger partial charge in [0, 0.05) is 12.7 Å². The molecule has 0 aliphatic carbocycles. The minimum atomic E-state index is 0.00578. The van der Waals surface area contributed by atoms with E-state index in [-0.39, 0.29) is 5.84 Å². The van der Waals surface area contributed by atoms with E-state index in [9.17, 15) is 0 Å². The van der Waals surface area contributed by atoms with Crippen LogP contribution < -0.4 is 11.1 Å². The number of aryl methyl sites for hydroxylation is 1. The van der Waals surface area contributed by atoms with E-state index in [4.69, 9.17) is 15.4 Å². The van der Waals surface area contributed by atoms with Crippen LogP contribution in [0.5, 0.6) is 0 Å². The summed E-state index contributed by atoms with van der Waals surface area (Å²) in [7, 11) is 0. The lowest BCUT2D eigenvalue weighted by Gasteiger charge is -2.07. The molecule has 0 radical (unpaired) electrons. The smallest absolute Gasteiger partial charge is 0.189 e. The summed E-state index contributed by atoms with van der Waals surface area (Å²) in [5, 5.41) is 14.9. The molecule has 0 amide bonds. The summed E-state index contributed by atoms with van der Waals surface area (Å²) in [6.45, 7) is 3.07. The van der Waals surface area contributed by atoms with Gasteiger partial charge in [0.25, 0.3) is 0 Å². The number of nitrogens with zero attached hydrogens (tertiary/aromatic N) is 2. The molecule has 100 valence electrons. The molecule has 0 fully saturated rings. The monoisotopic (exact) mass is 260 g/mol. The van der Waals surface area contributed by atoms with Crippen molar-refractivity contribution in [2.45, 2.75) is 20.0 Å². The van der Waals surface area contributed by atoms with Crippen LogP contribution in [0.15, 0.2) is 40.0 Å². The molecule has 2 aromatic rings. The van der Waals surface area contributed by atoms with E-state index in [2.05, 4.69) is 15.5 Å². The SMILES string of the molecule is Cc1ccc(CNCc2cccnc2C(N)=NO)o1. The summed E-state index contributed by atoms with van der Waals surface area (Å²) >= 11 is 0. The molecule has 6 heteroatoms. The molecule has 0 unspecified atom stereocenters. The molecule has 2 aromatic heterocycles. The molecule has 0 aromatic carbocycles. The number of nitrogens with two attached hydrogens (primary N) is 1. The van der Waals surface area contributed by atoms with Crippen LogP contribution in [0.3, 0.4) is 0 Å². The fraction of sp³-hybridized carbons (Fsp3) is 0.231. The maximum atomic E-state index is 8.71. The van der Waals surface area contributed by atoms with Crippen molar-refractivity contribution in [3.05, 3.63) is 53.2 Å². The summed E-state index contributed by atoms with van der Waals surface area (Å²) in [6, 6.07) is 7.53. The number of pyridine rings is 1. The van der Waals surface area contributed by atoms with Crippen molar-refractivity contribution in [3.63, 3.8) is 0 Å². The van der Waals surface area contributed by atoms with Gasteiger partial charge in [-0.2, -0.15) is 0 Å². The van der Waals surface area contributed by atoms with Gasteiger partial charge in [-0.3, -0.25) is 4.98 Å². The molecule has 0 bridgehead atoms. The molecule has 0 atom stereocenters. The third kappa shape index (κ3) is 3.32. The van der Waals surface area contributed by atoms with Gasteiger partial charge < -0.3 is 20.7 Å². The molecule has 6 nitrogen and oxygen atoms in total. The van der Waals surface area contributed by atoms with Crippen molar-refractivity contribution in [1.82, 2.24) is 10.3 Å². The highest BCUT2D eigenvalue weighted by atomic mass is 16.4. The zero-order chi connectivity index (χ0) is 13.7. The van der Waals surface area contributed by atoms with E-state index in [0.717, 1.165) is 17.1 Å². The van der Waals surface area contributed by atoms with E-state index < -0.39 is 0 Å². The Balaban J connectivity index is 2.00. The topological polar surface area (TPSA) is 96.7 Å². The second-order valence-electron chi connectivity index (χ2n) is 4.11. The van der Waals surface area contributed by atoms with Crippen LogP contribution in [0.4, 0.5) is 0 Å². The van der Waals surface area contributed by atoms with Crippen molar-refractivity contribution < 1.29 is 9.62 Å². The Kier molecular flexibility index (Phi) is 4.15. The maximum absolute atomic E-state index is 8.71. The summed E-state index contributed by atoms with van der Waals surface area (Å²) in [6.07, 6.45) is 1.60. The summed E-state index contributed by atoms with van der Waals surface area (Å²) in [4.78, 5) is 4.10. The van der Waals surface area contributed by atoms with Gasteiger partial charge >= 0.3 is 0 Å². The summed E-state index contributed by atoms with van der Waals surface area (Å²) in [5.74, 6) is 1.76. The van der Waals surface area contributed by atoms with E-state index in [0.29, 0.717) is 18.8 Å². The Hall–Kier alpha value is -2.34. The normalized spacial score (nSPS) is 11.7. The Labute approximate surface area is 110 Å². The Morgan fingerprint density at radius 1 is 1.42 bits per heavy atom. The lowest BCUT2D eigenvalue weighted by molar-refractivity contribution is 0.318. The van der Waals surface area contributed by atoms with Crippen LogP contribution in [0, 0.1) is 6.92 Å². The van der Waals surface area contributed by atoms with Crippen LogP contribution in [-0.2, 0) is 13.1 Å². The first-order valence-corrected chi connectivity index (χ1v) is 5.88. The molecule has 0 saturated carbocycles. The van der Waals surface area contributed by atoms with Gasteiger partial charge in [0.2, 0.25) is 0 Å². The predicted octanol–water partition coefficient (Wildman–Crippen LogP) is 1.37. The average Bonchev–Trinajstić information content (AvgIpc) is 2.84. The van der Waals surface area contributed by atoms with Gasteiger partial charge in [-0.15, -0.1) is 0 Å². The fourth-order valence-electron chi connectivity index (χ4n) is 1.76. The number of hydrogen-bond acceptors (Lipinski definition) is 5. The van der Waals surface area contributed by atoms with Crippen LogP contribution in [0.2, 0.25) is 0 Å². The van der Waals surface area contributed by atoms with Gasteiger partial charge in [0.05, 0.1) is 6.54 Å². The number of aromatic nitrogens is 1. The molecule has 0 aliphatic heterocycles. The number of furan rings is 1. The minimum Gasteiger partial charge on any atom is -0.465 e. The standard InChI is InChI=1S/C13H16N4O2/c1-9-4-5-11(19-9)8-15-7-10-3-2-6-16-12(10)13(14)17-18/h2-6,15,18H,7-8H2,1H3,(H2,14,17). The zero-order valence-electron chi connectivity index (χ0n) is 10.6. The molecule has 0 spiro atoms. The van der Waals surface area contributed by atoms with Crippen molar-refractivity contribution in [2.24, 2.45) is 10.9 Å². The van der Waals surface area contributed by atoms with Gasteiger partial charge in [0.15, 0.2) is 5.84 Å². The number of oxime groups is 1. The largest absolute Gasteiger partial charge is 0.465 e. The van der Waals surface area contributed by atoms with E-state index in [1.54, 1.807) is 6.20 Å². The van der Waals surface area contributed by atoms with Gasteiger partial charge in [-0.05, 0) is 30.7 Å². The summed E-state index contributed by atoms with van der Waals surface area (Å²) in [5.41, 5.74) is 6.91. The lowest BCUT2D eigenvalue weighted by atomic mass is 10.2. The Morgan fingerprint density at radius 3 is 2.95 bits per heavy atom. The first kappa shape index (κ1) is 13.1. The molecule has 4 N–H and O–H groups in total. The fourth-order valence-corrected chi connectivity index (χ4v) is 1.76. The van der Waals surface area contributed by atoms with Crippen LogP contribution in [0.25, 0.3) is 0 Å². The van der Waals surface area contributed by atoms with Crippen molar-refractivity contribution in [1.29, 1.82) is 0 Å².